The molecule has 19 heavy (non-hydrogen) atoms. The van der Waals surface area contributed by atoms with Gasteiger partial charge in [-0.05, 0) is 61.6 Å². The van der Waals surface area contributed by atoms with Crippen molar-refractivity contribution < 1.29 is 9.84 Å². The molecule has 3 rings (SSSR count). The van der Waals surface area contributed by atoms with E-state index in [0.717, 1.165) is 12.2 Å². The van der Waals surface area contributed by atoms with Crippen molar-refractivity contribution in [2.75, 3.05) is 0 Å². The van der Waals surface area contributed by atoms with E-state index >= 15 is 0 Å². The number of ether oxygens (including phenoxy) is 1. The van der Waals surface area contributed by atoms with Crippen LogP contribution in [0.5, 0.6) is 11.5 Å². The van der Waals surface area contributed by atoms with Crippen LogP contribution in [0.4, 0.5) is 0 Å². The molecule has 2 aromatic rings. The molecule has 98 valence electrons. The van der Waals surface area contributed by atoms with Gasteiger partial charge in [0.05, 0.1) is 18.0 Å². The third kappa shape index (κ3) is 2.61. The van der Waals surface area contributed by atoms with Crippen LogP contribution in [0.25, 0.3) is 0 Å². The minimum absolute atomic E-state index is 0.547. The summed E-state index contributed by atoms with van der Waals surface area (Å²) in [7, 11) is 0. The van der Waals surface area contributed by atoms with E-state index < -0.39 is 6.10 Å². The number of aliphatic hydroxyl groups is 1. The maximum absolute atomic E-state index is 9.41. The Kier molecular flexibility index (Phi) is 3.22. The molecule has 0 unspecified atom stereocenters. The molecule has 0 spiro atoms. The zero-order valence-corrected chi connectivity index (χ0v) is 11.0. The van der Waals surface area contributed by atoms with E-state index in [4.69, 9.17) is 4.74 Å². The van der Waals surface area contributed by atoms with Gasteiger partial charge in [-0.25, -0.2) is 0 Å². The Morgan fingerprint density at radius 1 is 1.11 bits per heavy atom. The Hall–Kier alpha value is -1.87. The summed E-state index contributed by atoms with van der Waals surface area (Å²) in [4.78, 5) is 4.17. The first kappa shape index (κ1) is 12.2. The van der Waals surface area contributed by atoms with Crippen LogP contribution in [0.1, 0.15) is 36.3 Å². The predicted molar refractivity (Wildman–Crippen MR) is 73.4 cm³/mol. The van der Waals surface area contributed by atoms with Gasteiger partial charge in [-0.1, -0.05) is 6.07 Å². The zero-order valence-electron chi connectivity index (χ0n) is 11.0. The molecule has 1 atom stereocenters. The lowest BCUT2D eigenvalue weighted by Crippen LogP contribution is -1.95. The predicted octanol–water partition coefficient (Wildman–Crippen LogP) is 3.42. The first-order valence-corrected chi connectivity index (χ1v) is 6.66. The van der Waals surface area contributed by atoms with Crippen LogP contribution in [-0.2, 0) is 12.8 Å². The van der Waals surface area contributed by atoms with E-state index in [1.165, 1.54) is 24.0 Å². The van der Waals surface area contributed by atoms with Crippen LogP contribution in [0.15, 0.2) is 36.5 Å². The summed E-state index contributed by atoms with van der Waals surface area (Å²) in [5.74, 6) is 1.55. The van der Waals surface area contributed by atoms with Gasteiger partial charge >= 0.3 is 0 Å². The number of aliphatic hydroxyl groups excluding tert-OH is 1. The molecule has 1 aromatic carbocycles. The minimum atomic E-state index is -0.547. The van der Waals surface area contributed by atoms with Gasteiger partial charge in [0, 0.05) is 0 Å². The van der Waals surface area contributed by atoms with Crippen LogP contribution in [0.2, 0.25) is 0 Å². The van der Waals surface area contributed by atoms with Crippen molar-refractivity contribution >= 4 is 0 Å². The first-order valence-electron chi connectivity index (χ1n) is 6.66. The highest BCUT2D eigenvalue weighted by Crippen LogP contribution is 2.28. The molecule has 0 aliphatic heterocycles. The number of fused-ring (bicyclic) bond motifs is 1. The Morgan fingerprint density at radius 3 is 2.63 bits per heavy atom. The fourth-order valence-electron chi connectivity index (χ4n) is 2.45. The van der Waals surface area contributed by atoms with E-state index in [1.807, 2.05) is 12.1 Å². The van der Waals surface area contributed by atoms with Crippen LogP contribution in [-0.4, -0.2) is 10.1 Å². The average Bonchev–Trinajstić information content (AvgIpc) is 2.87. The normalized spacial score (nSPS) is 15.1. The molecular weight excluding hydrogens is 238 g/mol. The molecule has 1 heterocycles. The van der Waals surface area contributed by atoms with E-state index in [-0.39, 0.29) is 0 Å². The molecule has 1 aliphatic carbocycles. The number of nitrogens with zero attached hydrogens (tertiary/aromatic N) is 1. The molecule has 0 amide bonds. The van der Waals surface area contributed by atoms with Gasteiger partial charge in [-0.2, -0.15) is 0 Å². The minimum Gasteiger partial charge on any atom is -0.456 e. The van der Waals surface area contributed by atoms with E-state index in [0.29, 0.717) is 11.4 Å². The van der Waals surface area contributed by atoms with Crippen LogP contribution < -0.4 is 4.74 Å². The highest BCUT2D eigenvalue weighted by molar-refractivity contribution is 5.40. The second-order valence-corrected chi connectivity index (χ2v) is 4.98. The molecule has 3 heteroatoms. The molecule has 1 aliphatic rings. The number of pyridine rings is 1. The lowest BCUT2D eigenvalue weighted by Gasteiger charge is -2.09. The number of hydrogen-bond acceptors (Lipinski definition) is 3. The summed E-state index contributed by atoms with van der Waals surface area (Å²) >= 11 is 0. The molecule has 0 bridgehead atoms. The lowest BCUT2D eigenvalue weighted by atomic mass is 10.1. The molecular formula is C16H17NO2. The van der Waals surface area contributed by atoms with Gasteiger partial charge in [0.2, 0.25) is 0 Å². The zero-order chi connectivity index (χ0) is 13.2. The van der Waals surface area contributed by atoms with Crippen molar-refractivity contribution in [3.05, 3.63) is 53.3 Å². The van der Waals surface area contributed by atoms with Crippen molar-refractivity contribution in [2.24, 2.45) is 0 Å². The highest BCUT2D eigenvalue weighted by Gasteiger charge is 2.11. The van der Waals surface area contributed by atoms with Crippen LogP contribution >= 0.6 is 0 Å². The molecule has 0 fully saturated rings. The molecule has 0 saturated heterocycles. The maximum Gasteiger partial charge on any atom is 0.145 e. The van der Waals surface area contributed by atoms with Crippen molar-refractivity contribution in [3.8, 4) is 11.5 Å². The summed E-state index contributed by atoms with van der Waals surface area (Å²) in [5.41, 5.74) is 3.49. The van der Waals surface area contributed by atoms with Crippen LogP contribution in [0, 0.1) is 0 Å². The molecule has 0 radical (unpaired) electrons. The fraction of sp³-hybridized carbons (Fsp3) is 0.312. The van der Waals surface area contributed by atoms with Gasteiger partial charge in [0.25, 0.3) is 0 Å². The smallest absolute Gasteiger partial charge is 0.145 e. The van der Waals surface area contributed by atoms with Gasteiger partial charge in [-0.3, -0.25) is 4.98 Å². The summed E-state index contributed by atoms with van der Waals surface area (Å²) in [6.07, 6.45) is 4.67. The summed E-state index contributed by atoms with van der Waals surface area (Å²) < 4.78 is 5.79. The second kappa shape index (κ2) is 5.02. The first-order chi connectivity index (χ1) is 9.22. The summed E-state index contributed by atoms with van der Waals surface area (Å²) in [6.45, 7) is 1.70. The average molecular weight is 255 g/mol. The van der Waals surface area contributed by atoms with Gasteiger partial charge < -0.3 is 9.84 Å². The molecule has 0 saturated carbocycles. The third-order valence-electron chi connectivity index (χ3n) is 3.49. The van der Waals surface area contributed by atoms with Gasteiger partial charge in [0.15, 0.2) is 0 Å². The Balaban J connectivity index is 1.77. The standard InChI is InChI=1S/C16H17NO2/c1-11(18)16-8-7-15(10-17-16)19-14-6-5-12-3-2-4-13(12)9-14/h5-11,18H,2-4H2,1H3/t11-/m0/s1. The van der Waals surface area contributed by atoms with E-state index in [1.54, 1.807) is 19.2 Å². The van der Waals surface area contributed by atoms with E-state index in [2.05, 4.69) is 17.1 Å². The second-order valence-electron chi connectivity index (χ2n) is 4.98. The van der Waals surface area contributed by atoms with Crippen molar-refractivity contribution in [2.45, 2.75) is 32.3 Å². The number of benzene rings is 1. The van der Waals surface area contributed by atoms with Crippen molar-refractivity contribution in [3.63, 3.8) is 0 Å². The largest absolute Gasteiger partial charge is 0.456 e. The number of aryl methyl sites for hydroxylation is 2. The Bertz CT molecular complexity index is 576. The Morgan fingerprint density at radius 2 is 1.89 bits per heavy atom. The van der Waals surface area contributed by atoms with Gasteiger partial charge in [0.1, 0.15) is 11.5 Å². The van der Waals surface area contributed by atoms with Crippen molar-refractivity contribution in [1.82, 2.24) is 4.98 Å². The molecule has 1 N–H and O–H groups in total. The Labute approximate surface area is 112 Å². The monoisotopic (exact) mass is 255 g/mol. The number of rotatable bonds is 3. The van der Waals surface area contributed by atoms with Gasteiger partial charge in [-0.15, -0.1) is 0 Å². The number of hydrogen-bond donors (Lipinski definition) is 1. The third-order valence-corrected chi connectivity index (χ3v) is 3.49. The van der Waals surface area contributed by atoms with Crippen LogP contribution in [0.3, 0.4) is 0 Å². The highest BCUT2D eigenvalue weighted by atomic mass is 16.5. The lowest BCUT2D eigenvalue weighted by molar-refractivity contribution is 0.194. The summed E-state index contributed by atoms with van der Waals surface area (Å²) in [5, 5.41) is 9.41. The number of aromatic nitrogens is 1. The SMILES string of the molecule is C[C@H](O)c1ccc(Oc2ccc3c(c2)CCC3)cn1. The quantitative estimate of drug-likeness (QED) is 0.913. The maximum atomic E-state index is 9.41. The fourth-order valence-corrected chi connectivity index (χ4v) is 2.45. The van der Waals surface area contributed by atoms with Crippen molar-refractivity contribution in [1.29, 1.82) is 0 Å². The molecule has 1 aromatic heterocycles. The molecule has 3 nitrogen and oxygen atoms in total. The summed E-state index contributed by atoms with van der Waals surface area (Å²) in [6, 6.07) is 9.89. The topological polar surface area (TPSA) is 42.4 Å². The van der Waals surface area contributed by atoms with E-state index in [9.17, 15) is 5.11 Å².